The Hall–Kier alpha value is -0.530. The topological polar surface area (TPSA) is 12.0 Å². The van der Waals surface area contributed by atoms with Gasteiger partial charge in [-0.25, -0.2) is 0 Å². The number of hydrogen-bond acceptors (Lipinski definition) is 1. The van der Waals surface area contributed by atoms with E-state index in [4.69, 9.17) is 11.6 Å². The van der Waals surface area contributed by atoms with Crippen LogP contribution in [0.5, 0.6) is 0 Å². The van der Waals surface area contributed by atoms with Crippen molar-refractivity contribution < 1.29 is 0 Å². The first-order chi connectivity index (χ1) is 6.79. The Morgan fingerprint density at radius 3 is 2.86 bits per heavy atom. The van der Waals surface area contributed by atoms with E-state index in [1.165, 1.54) is 24.0 Å². The van der Waals surface area contributed by atoms with Crippen LogP contribution in [0.4, 0.5) is 0 Å². The summed E-state index contributed by atoms with van der Waals surface area (Å²) < 4.78 is 0. The van der Waals surface area contributed by atoms with E-state index in [9.17, 15) is 0 Å². The molecule has 0 unspecified atom stereocenters. The molecule has 0 spiro atoms. The summed E-state index contributed by atoms with van der Waals surface area (Å²) in [7, 11) is 0. The van der Waals surface area contributed by atoms with Crippen LogP contribution >= 0.6 is 11.6 Å². The minimum absolute atomic E-state index is 0.747. The molecule has 1 saturated carbocycles. The van der Waals surface area contributed by atoms with Gasteiger partial charge in [0, 0.05) is 17.6 Å². The van der Waals surface area contributed by atoms with Crippen molar-refractivity contribution in [2.24, 2.45) is 0 Å². The molecular weight excluding hydrogens is 194 g/mol. The molecule has 1 aromatic carbocycles. The highest BCUT2D eigenvalue weighted by molar-refractivity contribution is 6.31. The van der Waals surface area contributed by atoms with E-state index in [0.717, 1.165) is 24.0 Å². The standard InChI is InChI=1S/C12H16ClN/c1-2-9-3-6-12(13)10(7-9)8-14-11-4-5-11/h3,6-7,11,14H,2,4-5,8H2,1H3. The highest BCUT2D eigenvalue weighted by Gasteiger charge is 2.20. The van der Waals surface area contributed by atoms with Gasteiger partial charge in [-0.2, -0.15) is 0 Å². The summed E-state index contributed by atoms with van der Waals surface area (Å²) >= 11 is 6.12. The monoisotopic (exact) mass is 209 g/mol. The molecule has 1 N–H and O–H groups in total. The average molecular weight is 210 g/mol. The van der Waals surface area contributed by atoms with Crippen LogP contribution in [0.25, 0.3) is 0 Å². The van der Waals surface area contributed by atoms with Crippen molar-refractivity contribution in [2.45, 2.75) is 38.8 Å². The Balaban J connectivity index is 2.04. The van der Waals surface area contributed by atoms with Crippen LogP contribution in [0.2, 0.25) is 5.02 Å². The van der Waals surface area contributed by atoms with Crippen LogP contribution in [0.15, 0.2) is 18.2 Å². The zero-order valence-corrected chi connectivity index (χ0v) is 9.27. The number of nitrogens with one attached hydrogen (secondary N) is 1. The van der Waals surface area contributed by atoms with Crippen LogP contribution in [0, 0.1) is 0 Å². The second-order valence-corrected chi connectivity index (χ2v) is 4.34. The lowest BCUT2D eigenvalue weighted by molar-refractivity contribution is 0.687. The highest BCUT2D eigenvalue weighted by atomic mass is 35.5. The van der Waals surface area contributed by atoms with E-state index in [-0.39, 0.29) is 0 Å². The molecular formula is C12H16ClN. The second kappa shape index (κ2) is 4.33. The first kappa shape index (κ1) is 10.0. The molecule has 1 fully saturated rings. The van der Waals surface area contributed by atoms with E-state index in [0.29, 0.717) is 0 Å². The molecule has 14 heavy (non-hydrogen) atoms. The summed E-state index contributed by atoms with van der Waals surface area (Å²) in [4.78, 5) is 0. The minimum Gasteiger partial charge on any atom is -0.310 e. The van der Waals surface area contributed by atoms with Crippen LogP contribution in [0.3, 0.4) is 0 Å². The van der Waals surface area contributed by atoms with E-state index in [1.54, 1.807) is 0 Å². The first-order valence-corrected chi connectivity index (χ1v) is 5.68. The normalized spacial score (nSPS) is 15.9. The molecule has 1 aromatic rings. The Morgan fingerprint density at radius 2 is 2.21 bits per heavy atom. The van der Waals surface area contributed by atoms with Crippen LogP contribution in [0.1, 0.15) is 30.9 Å². The summed E-state index contributed by atoms with van der Waals surface area (Å²) in [6.07, 6.45) is 3.73. The molecule has 0 aromatic heterocycles. The van der Waals surface area contributed by atoms with Gasteiger partial charge < -0.3 is 5.32 Å². The fourth-order valence-electron chi connectivity index (χ4n) is 1.53. The smallest absolute Gasteiger partial charge is 0.0451 e. The summed E-state index contributed by atoms with van der Waals surface area (Å²) in [6, 6.07) is 7.06. The number of halogens is 1. The third kappa shape index (κ3) is 2.49. The van der Waals surface area contributed by atoms with Crippen molar-refractivity contribution in [1.82, 2.24) is 5.32 Å². The van der Waals surface area contributed by atoms with Crippen LogP contribution in [-0.2, 0) is 13.0 Å². The van der Waals surface area contributed by atoms with Gasteiger partial charge in [0.1, 0.15) is 0 Å². The molecule has 0 heterocycles. The third-order valence-electron chi connectivity index (χ3n) is 2.68. The number of rotatable bonds is 4. The third-order valence-corrected chi connectivity index (χ3v) is 3.05. The van der Waals surface area contributed by atoms with Crippen molar-refractivity contribution in [1.29, 1.82) is 0 Å². The Morgan fingerprint density at radius 1 is 1.43 bits per heavy atom. The lowest BCUT2D eigenvalue weighted by Crippen LogP contribution is -2.15. The molecule has 0 atom stereocenters. The molecule has 2 heteroatoms. The van der Waals surface area contributed by atoms with E-state index >= 15 is 0 Å². The van der Waals surface area contributed by atoms with Gasteiger partial charge in [-0.3, -0.25) is 0 Å². The molecule has 0 bridgehead atoms. The highest BCUT2D eigenvalue weighted by Crippen LogP contribution is 2.22. The van der Waals surface area contributed by atoms with Gasteiger partial charge >= 0.3 is 0 Å². The fourth-order valence-corrected chi connectivity index (χ4v) is 1.71. The Kier molecular flexibility index (Phi) is 3.09. The molecule has 0 radical (unpaired) electrons. The number of benzene rings is 1. The van der Waals surface area contributed by atoms with Crippen molar-refractivity contribution >= 4 is 11.6 Å². The van der Waals surface area contributed by atoms with Crippen molar-refractivity contribution in [2.75, 3.05) is 0 Å². The van der Waals surface area contributed by atoms with Crippen LogP contribution in [-0.4, -0.2) is 6.04 Å². The van der Waals surface area contributed by atoms with Gasteiger partial charge in [0.15, 0.2) is 0 Å². The molecule has 0 amide bonds. The molecule has 1 aliphatic carbocycles. The first-order valence-electron chi connectivity index (χ1n) is 5.30. The van der Waals surface area contributed by atoms with Gasteiger partial charge in [-0.1, -0.05) is 30.7 Å². The zero-order chi connectivity index (χ0) is 9.97. The summed E-state index contributed by atoms with van der Waals surface area (Å²) in [6.45, 7) is 3.08. The van der Waals surface area contributed by atoms with E-state index in [1.807, 2.05) is 6.07 Å². The molecule has 76 valence electrons. The van der Waals surface area contributed by atoms with Gasteiger partial charge in [0.2, 0.25) is 0 Å². The largest absolute Gasteiger partial charge is 0.310 e. The summed E-state index contributed by atoms with van der Waals surface area (Å²) in [5.74, 6) is 0. The average Bonchev–Trinajstić information content (AvgIpc) is 3.00. The maximum Gasteiger partial charge on any atom is 0.0451 e. The lowest BCUT2D eigenvalue weighted by Gasteiger charge is -2.07. The van der Waals surface area contributed by atoms with Crippen molar-refractivity contribution in [3.05, 3.63) is 34.3 Å². The Labute approximate surface area is 90.5 Å². The summed E-state index contributed by atoms with van der Waals surface area (Å²) in [5, 5.41) is 4.37. The van der Waals surface area contributed by atoms with Gasteiger partial charge in [0.25, 0.3) is 0 Å². The lowest BCUT2D eigenvalue weighted by atomic mass is 10.1. The minimum atomic E-state index is 0.747. The van der Waals surface area contributed by atoms with Crippen molar-refractivity contribution in [3.63, 3.8) is 0 Å². The van der Waals surface area contributed by atoms with Gasteiger partial charge in [-0.15, -0.1) is 0 Å². The number of aryl methyl sites for hydroxylation is 1. The predicted molar refractivity (Wildman–Crippen MR) is 60.7 cm³/mol. The van der Waals surface area contributed by atoms with Gasteiger partial charge in [-0.05, 0) is 36.5 Å². The number of hydrogen-bond donors (Lipinski definition) is 1. The van der Waals surface area contributed by atoms with Crippen molar-refractivity contribution in [3.8, 4) is 0 Å². The molecule has 1 nitrogen and oxygen atoms in total. The van der Waals surface area contributed by atoms with Crippen LogP contribution < -0.4 is 5.32 Å². The maximum absolute atomic E-state index is 6.12. The molecule has 0 saturated heterocycles. The SMILES string of the molecule is CCc1ccc(Cl)c(CNC2CC2)c1. The second-order valence-electron chi connectivity index (χ2n) is 3.93. The molecule has 2 rings (SSSR count). The molecule has 0 aliphatic heterocycles. The van der Waals surface area contributed by atoms with Gasteiger partial charge in [0.05, 0.1) is 0 Å². The zero-order valence-electron chi connectivity index (χ0n) is 8.52. The maximum atomic E-state index is 6.12. The Bertz CT molecular complexity index is 318. The summed E-state index contributed by atoms with van der Waals surface area (Å²) in [5.41, 5.74) is 2.60. The van der Waals surface area contributed by atoms with E-state index < -0.39 is 0 Å². The predicted octanol–water partition coefficient (Wildman–Crippen LogP) is 3.15. The molecule has 1 aliphatic rings. The fraction of sp³-hybridized carbons (Fsp3) is 0.500. The van der Waals surface area contributed by atoms with E-state index in [2.05, 4.69) is 24.4 Å². The quantitative estimate of drug-likeness (QED) is 0.804.